The van der Waals surface area contributed by atoms with E-state index in [1.54, 1.807) is 6.20 Å². The number of hydrogen-bond donors (Lipinski definition) is 2. The molecule has 0 saturated heterocycles. The monoisotopic (exact) mass is 150 g/mol. The zero-order chi connectivity index (χ0) is 8.27. The van der Waals surface area contributed by atoms with Gasteiger partial charge in [0.1, 0.15) is 11.6 Å². The zero-order valence-electron chi connectivity index (χ0n) is 6.33. The van der Waals surface area contributed by atoms with Crippen molar-refractivity contribution < 1.29 is 0 Å². The fourth-order valence-electron chi connectivity index (χ4n) is 0.724. The number of aryl methyl sites for hydroxylation is 1. The van der Waals surface area contributed by atoms with E-state index < -0.39 is 0 Å². The molecule has 1 rings (SSSR count). The summed E-state index contributed by atoms with van der Waals surface area (Å²) in [7, 11) is 0. The zero-order valence-corrected chi connectivity index (χ0v) is 6.33. The summed E-state index contributed by atoms with van der Waals surface area (Å²) in [6.07, 6.45) is 3.48. The normalized spacial score (nSPS) is 9.55. The highest BCUT2D eigenvalue weighted by atomic mass is 14.9. The average molecular weight is 150 g/mol. The minimum absolute atomic E-state index is 0.381. The van der Waals surface area contributed by atoms with Crippen LogP contribution >= 0.6 is 0 Å². The maximum atomic E-state index is 6.93. The Labute approximate surface area is 65.0 Å². The van der Waals surface area contributed by atoms with Crippen molar-refractivity contribution in [2.45, 2.75) is 13.3 Å². The topological polar surface area (TPSA) is 75.7 Å². The first-order chi connectivity index (χ1) is 5.27. The van der Waals surface area contributed by atoms with Crippen molar-refractivity contribution in [2.24, 2.45) is 0 Å². The second-order valence-electron chi connectivity index (χ2n) is 2.12. The second-order valence-corrected chi connectivity index (χ2v) is 2.12. The number of anilines is 1. The summed E-state index contributed by atoms with van der Waals surface area (Å²) < 4.78 is 0. The average Bonchev–Trinajstić information content (AvgIpc) is 2.04. The fourth-order valence-corrected chi connectivity index (χ4v) is 0.724. The molecule has 0 amide bonds. The van der Waals surface area contributed by atoms with E-state index in [0.29, 0.717) is 17.2 Å². The van der Waals surface area contributed by atoms with Crippen LogP contribution in [-0.2, 0) is 6.42 Å². The number of nitrogen functional groups attached to an aromatic ring is 1. The van der Waals surface area contributed by atoms with Gasteiger partial charge in [0.05, 0.1) is 5.56 Å². The number of nitrogens with one attached hydrogen (secondary N) is 1. The van der Waals surface area contributed by atoms with Gasteiger partial charge in [0.15, 0.2) is 0 Å². The maximum Gasteiger partial charge on any atom is 0.135 e. The lowest BCUT2D eigenvalue weighted by molar-refractivity contribution is 0.943. The molecule has 58 valence electrons. The smallest absolute Gasteiger partial charge is 0.135 e. The van der Waals surface area contributed by atoms with Gasteiger partial charge in [-0.1, -0.05) is 6.92 Å². The van der Waals surface area contributed by atoms with Crippen LogP contribution in [0.15, 0.2) is 6.20 Å². The Morgan fingerprint density at radius 2 is 2.45 bits per heavy atom. The lowest BCUT2D eigenvalue weighted by Crippen LogP contribution is -2.02. The van der Waals surface area contributed by atoms with Crippen molar-refractivity contribution in [2.75, 3.05) is 5.73 Å². The first kappa shape index (κ1) is 7.65. The van der Waals surface area contributed by atoms with Gasteiger partial charge >= 0.3 is 0 Å². The van der Waals surface area contributed by atoms with Gasteiger partial charge in [0, 0.05) is 18.8 Å². The number of aromatic nitrogens is 2. The van der Waals surface area contributed by atoms with E-state index in [-0.39, 0.29) is 0 Å². The van der Waals surface area contributed by atoms with Gasteiger partial charge in [-0.25, -0.2) is 9.97 Å². The molecule has 0 radical (unpaired) electrons. The molecule has 1 aromatic rings. The molecule has 0 aromatic carbocycles. The van der Waals surface area contributed by atoms with E-state index in [0.717, 1.165) is 12.6 Å². The number of hydrogen-bond acceptors (Lipinski definition) is 4. The molecule has 0 unspecified atom stereocenters. The van der Waals surface area contributed by atoms with Crippen LogP contribution in [0.5, 0.6) is 0 Å². The Kier molecular flexibility index (Phi) is 2.15. The molecule has 0 fully saturated rings. The van der Waals surface area contributed by atoms with Crippen molar-refractivity contribution >= 4 is 12.0 Å². The number of nitrogens with zero attached hydrogens (tertiary/aromatic N) is 2. The summed E-state index contributed by atoms with van der Waals surface area (Å²) in [5.41, 5.74) is 6.08. The Hall–Kier alpha value is -1.45. The standard InChI is InChI=1S/C7H10N4/c1-2-6-10-4-5(3-8)7(9)11-6/h3-4,8H,2H2,1H3,(H2,9,10,11). The molecular weight excluding hydrogens is 140 g/mol. The van der Waals surface area contributed by atoms with Crippen molar-refractivity contribution in [1.29, 1.82) is 5.41 Å². The summed E-state index contributed by atoms with van der Waals surface area (Å²) >= 11 is 0. The molecular formula is C7H10N4. The molecule has 0 aliphatic heterocycles. The lowest BCUT2D eigenvalue weighted by Gasteiger charge is -1.99. The van der Waals surface area contributed by atoms with Crippen molar-refractivity contribution in [3.05, 3.63) is 17.6 Å². The van der Waals surface area contributed by atoms with Gasteiger partial charge in [-0.05, 0) is 0 Å². The maximum absolute atomic E-state index is 6.93. The van der Waals surface area contributed by atoms with Crippen LogP contribution in [0.1, 0.15) is 18.3 Å². The highest BCUT2D eigenvalue weighted by Crippen LogP contribution is 2.03. The van der Waals surface area contributed by atoms with E-state index >= 15 is 0 Å². The lowest BCUT2D eigenvalue weighted by atomic mass is 10.3. The summed E-state index contributed by atoms with van der Waals surface area (Å²) in [4.78, 5) is 7.96. The Morgan fingerprint density at radius 3 is 2.91 bits per heavy atom. The molecule has 1 aromatic heterocycles. The van der Waals surface area contributed by atoms with Crippen molar-refractivity contribution in [1.82, 2.24) is 9.97 Å². The minimum Gasteiger partial charge on any atom is -0.383 e. The molecule has 4 heteroatoms. The van der Waals surface area contributed by atoms with Crippen molar-refractivity contribution in [3.8, 4) is 0 Å². The van der Waals surface area contributed by atoms with Gasteiger partial charge in [-0.15, -0.1) is 0 Å². The van der Waals surface area contributed by atoms with Crippen molar-refractivity contribution in [3.63, 3.8) is 0 Å². The molecule has 4 nitrogen and oxygen atoms in total. The Morgan fingerprint density at radius 1 is 1.73 bits per heavy atom. The van der Waals surface area contributed by atoms with E-state index in [1.165, 1.54) is 0 Å². The summed E-state index contributed by atoms with van der Waals surface area (Å²) in [5.74, 6) is 1.10. The molecule has 0 aliphatic carbocycles. The van der Waals surface area contributed by atoms with Crippen LogP contribution in [0, 0.1) is 5.41 Å². The number of nitrogens with two attached hydrogens (primary N) is 1. The third-order valence-electron chi connectivity index (χ3n) is 1.37. The molecule has 0 bridgehead atoms. The predicted molar refractivity (Wildman–Crippen MR) is 43.7 cm³/mol. The fraction of sp³-hybridized carbons (Fsp3) is 0.286. The summed E-state index contributed by atoms with van der Waals surface area (Å²) in [6.45, 7) is 1.96. The summed E-state index contributed by atoms with van der Waals surface area (Å²) in [5, 5.41) is 6.93. The molecule has 0 spiro atoms. The molecule has 3 N–H and O–H groups in total. The van der Waals surface area contributed by atoms with E-state index in [1.807, 2.05) is 6.92 Å². The largest absolute Gasteiger partial charge is 0.383 e. The van der Waals surface area contributed by atoms with Crippen LogP contribution in [0.25, 0.3) is 0 Å². The highest BCUT2D eigenvalue weighted by Gasteiger charge is 1.98. The third-order valence-corrected chi connectivity index (χ3v) is 1.37. The molecule has 11 heavy (non-hydrogen) atoms. The first-order valence-electron chi connectivity index (χ1n) is 3.39. The van der Waals surface area contributed by atoms with Gasteiger partial charge < -0.3 is 11.1 Å². The summed E-state index contributed by atoms with van der Waals surface area (Å²) in [6, 6.07) is 0. The molecule has 0 saturated carbocycles. The quantitative estimate of drug-likeness (QED) is 0.607. The van der Waals surface area contributed by atoms with Gasteiger partial charge in [-0.3, -0.25) is 0 Å². The van der Waals surface area contributed by atoms with Gasteiger partial charge in [-0.2, -0.15) is 0 Å². The first-order valence-corrected chi connectivity index (χ1v) is 3.39. The Balaban J connectivity index is 3.09. The number of rotatable bonds is 2. The van der Waals surface area contributed by atoms with Gasteiger partial charge in [0.2, 0.25) is 0 Å². The van der Waals surface area contributed by atoms with E-state index in [2.05, 4.69) is 9.97 Å². The Bertz CT molecular complexity index is 269. The molecule has 0 atom stereocenters. The minimum atomic E-state index is 0.381. The van der Waals surface area contributed by atoms with Crippen LogP contribution in [0.2, 0.25) is 0 Å². The molecule has 1 heterocycles. The van der Waals surface area contributed by atoms with Crippen LogP contribution in [-0.4, -0.2) is 16.2 Å². The SMILES string of the molecule is CCc1ncc(C=N)c(N)n1. The molecule has 0 aliphatic rings. The second kappa shape index (κ2) is 3.09. The third kappa shape index (κ3) is 1.52. The van der Waals surface area contributed by atoms with Crippen LogP contribution in [0.4, 0.5) is 5.82 Å². The van der Waals surface area contributed by atoms with E-state index in [9.17, 15) is 0 Å². The van der Waals surface area contributed by atoms with Crippen LogP contribution < -0.4 is 5.73 Å². The van der Waals surface area contributed by atoms with Crippen LogP contribution in [0.3, 0.4) is 0 Å². The van der Waals surface area contributed by atoms with E-state index in [4.69, 9.17) is 11.1 Å². The van der Waals surface area contributed by atoms with Gasteiger partial charge in [0.25, 0.3) is 0 Å². The highest BCUT2D eigenvalue weighted by molar-refractivity contribution is 5.82. The predicted octanol–water partition coefficient (Wildman–Crippen LogP) is 0.619.